The monoisotopic (exact) mass is 597 g/mol. The van der Waals surface area contributed by atoms with Crippen molar-refractivity contribution in [3.8, 4) is 11.5 Å². The van der Waals surface area contributed by atoms with E-state index in [0.29, 0.717) is 37.2 Å². The number of hydrogen-bond donors (Lipinski definition) is 1. The molecule has 2 aromatic carbocycles. The van der Waals surface area contributed by atoms with Crippen LogP contribution in [-0.4, -0.2) is 61.0 Å². The summed E-state index contributed by atoms with van der Waals surface area (Å²) in [6.45, 7) is -0.395. The van der Waals surface area contributed by atoms with E-state index in [1.807, 2.05) is 24.3 Å². The SMILES string of the molecule is Cl.NC1CCC(Oc2ccc(CC(=O)N3CCC(N4C(=O)OCc5ccccc54)CC3)c(OCC(F)(F)F)c2)CC1. The molecule has 5 rings (SSSR count). The van der Waals surface area contributed by atoms with E-state index in [1.54, 1.807) is 21.9 Å². The molecule has 1 saturated carbocycles. The van der Waals surface area contributed by atoms with Crippen LogP contribution in [0.15, 0.2) is 42.5 Å². The number of piperidine rings is 1. The van der Waals surface area contributed by atoms with E-state index in [4.69, 9.17) is 19.9 Å². The summed E-state index contributed by atoms with van der Waals surface area (Å²) in [5.41, 5.74) is 8.08. The molecule has 2 aromatic rings. The van der Waals surface area contributed by atoms with Crippen LogP contribution in [0.1, 0.15) is 49.7 Å². The highest BCUT2D eigenvalue weighted by atomic mass is 35.5. The largest absolute Gasteiger partial charge is 0.490 e. The molecule has 0 spiro atoms. The number of nitrogens with two attached hydrogens (primary N) is 1. The lowest BCUT2D eigenvalue weighted by atomic mass is 9.94. The van der Waals surface area contributed by atoms with Crippen molar-refractivity contribution in [3.63, 3.8) is 0 Å². The van der Waals surface area contributed by atoms with Crippen LogP contribution in [0.2, 0.25) is 0 Å². The van der Waals surface area contributed by atoms with Gasteiger partial charge in [-0.05, 0) is 50.7 Å². The number of nitrogens with zero attached hydrogens (tertiary/aromatic N) is 2. The van der Waals surface area contributed by atoms with Crippen LogP contribution in [-0.2, 0) is 22.6 Å². The Balaban J connectivity index is 0.00000387. The number of halogens is 4. The fourth-order valence-electron chi connectivity index (χ4n) is 5.62. The van der Waals surface area contributed by atoms with E-state index in [0.717, 1.165) is 36.9 Å². The Hall–Kier alpha value is -3.18. The second-order valence-corrected chi connectivity index (χ2v) is 10.7. The number of amides is 2. The summed E-state index contributed by atoms with van der Waals surface area (Å²) in [4.78, 5) is 29.1. The molecule has 2 fully saturated rings. The van der Waals surface area contributed by atoms with E-state index in [-0.39, 0.29) is 55.3 Å². The molecule has 1 saturated heterocycles. The van der Waals surface area contributed by atoms with Gasteiger partial charge in [0, 0.05) is 42.4 Å². The fraction of sp³-hybridized carbons (Fsp3) is 0.517. The van der Waals surface area contributed by atoms with Gasteiger partial charge in [0.1, 0.15) is 18.1 Å². The van der Waals surface area contributed by atoms with Gasteiger partial charge < -0.3 is 24.8 Å². The molecule has 1 aliphatic carbocycles. The Labute approximate surface area is 243 Å². The minimum atomic E-state index is -4.52. The number of carbonyl (C=O) groups is 2. The third-order valence-corrected chi connectivity index (χ3v) is 7.77. The van der Waals surface area contributed by atoms with Gasteiger partial charge in [-0.15, -0.1) is 12.4 Å². The zero-order valence-corrected chi connectivity index (χ0v) is 23.4. The highest BCUT2D eigenvalue weighted by Crippen LogP contribution is 2.33. The maximum absolute atomic E-state index is 13.2. The van der Waals surface area contributed by atoms with Crippen LogP contribution in [0.25, 0.3) is 0 Å². The predicted molar refractivity (Wildman–Crippen MR) is 149 cm³/mol. The first-order valence-corrected chi connectivity index (χ1v) is 13.7. The molecule has 224 valence electrons. The maximum Gasteiger partial charge on any atom is 0.422 e. The molecule has 2 N–H and O–H groups in total. The minimum Gasteiger partial charge on any atom is -0.490 e. The first kappa shape index (κ1) is 30.8. The van der Waals surface area contributed by atoms with Gasteiger partial charge >= 0.3 is 12.3 Å². The molecule has 0 radical (unpaired) electrons. The zero-order valence-electron chi connectivity index (χ0n) is 22.6. The van der Waals surface area contributed by atoms with Gasteiger partial charge in [-0.1, -0.05) is 24.3 Å². The minimum absolute atomic E-state index is 0. The van der Waals surface area contributed by atoms with Crippen molar-refractivity contribution in [2.24, 2.45) is 5.73 Å². The molecule has 41 heavy (non-hydrogen) atoms. The predicted octanol–water partition coefficient (Wildman–Crippen LogP) is 5.39. The summed E-state index contributed by atoms with van der Waals surface area (Å²) in [6.07, 6.45) is -0.754. The fourth-order valence-corrected chi connectivity index (χ4v) is 5.62. The van der Waals surface area contributed by atoms with Crippen LogP contribution in [0.4, 0.5) is 23.7 Å². The number of para-hydroxylation sites is 1. The molecule has 0 atom stereocenters. The smallest absolute Gasteiger partial charge is 0.422 e. The summed E-state index contributed by atoms with van der Waals surface area (Å²) in [7, 11) is 0. The van der Waals surface area contributed by atoms with Gasteiger partial charge in [0.15, 0.2) is 6.61 Å². The number of anilines is 1. The van der Waals surface area contributed by atoms with Gasteiger partial charge in [-0.25, -0.2) is 4.79 Å². The Morgan fingerprint density at radius 1 is 1.02 bits per heavy atom. The summed E-state index contributed by atoms with van der Waals surface area (Å²) in [5.74, 6) is 0.175. The van der Waals surface area contributed by atoms with E-state index in [1.165, 1.54) is 6.07 Å². The first-order valence-electron chi connectivity index (χ1n) is 13.7. The third-order valence-electron chi connectivity index (χ3n) is 7.77. The average Bonchev–Trinajstić information content (AvgIpc) is 2.94. The van der Waals surface area contributed by atoms with Crippen LogP contribution < -0.4 is 20.1 Å². The van der Waals surface area contributed by atoms with Crippen LogP contribution in [0.5, 0.6) is 11.5 Å². The number of carbonyl (C=O) groups excluding carboxylic acids is 2. The normalized spacial score (nSPS) is 21.4. The van der Waals surface area contributed by atoms with Gasteiger partial charge in [-0.2, -0.15) is 13.2 Å². The van der Waals surface area contributed by atoms with Gasteiger partial charge in [0.25, 0.3) is 0 Å². The standard InChI is InChI=1S/C29H34F3N3O5.ClH/c30-29(31,32)18-39-26-16-24(40-23-9-6-21(33)7-10-23)8-5-19(26)15-27(36)34-13-11-22(12-14-34)35-25-4-2-1-3-20(25)17-38-28(35)37;/h1-5,8,16,21-23H,6-7,9-15,17-18,33H2;1H. The third kappa shape index (κ3) is 7.77. The summed E-state index contributed by atoms with van der Waals surface area (Å²) in [5, 5.41) is 0. The van der Waals surface area contributed by atoms with Crippen molar-refractivity contribution < 1.29 is 37.0 Å². The van der Waals surface area contributed by atoms with Crippen molar-refractivity contribution in [3.05, 3.63) is 53.6 Å². The number of rotatable bonds is 7. The number of benzene rings is 2. The number of alkyl halides is 3. The Kier molecular flexibility index (Phi) is 9.91. The van der Waals surface area contributed by atoms with Crippen molar-refractivity contribution in [1.29, 1.82) is 0 Å². The number of fused-ring (bicyclic) bond motifs is 1. The lowest BCUT2D eigenvalue weighted by Gasteiger charge is -2.40. The van der Waals surface area contributed by atoms with Crippen molar-refractivity contribution in [1.82, 2.24) is 4.90 Å². The molecular formula is C29H35ClF3N3O5. The topological polar surface area (TPSA) is 94.3 Å². The Bertz CT molecular complexity index is 1210. The average molecular weight is 598 g/mol. The van der Waals surface area contributed by atoms with Crippen molar-refractivity contribution in [2.75, 3.05) is 24.6 Å². The number of cyclic esters (lactones) is 1. The van der Waals surface area contributed by atoms with E-state index < -0.39 is 18.9 Å². The van der Waals surface area contributed by atoms with Crippen LogP contribution in [0, 0.1) is 0 Å². The van der Waals surface area contributed by atoms with E-state index >= 15 is 0 Å². The molecule has 2 aliphatic heterocycles. The zero-order chi connectivity index (χ0) is 28.3. The lowest BCUT2D eigenvalue weighted by Crippen LogP contribution is -2.50. The quantitative estimate of drug-likeness (QED) is 0.460. The molecule has 2 heterocycles. The highest BCUT2D eigenvalue weighted by molar-refractivity contribution is 5.91. The molecule has 2 amide bonds. The summed E-state index contributed by atoms with van der Waals surface area (Å²) in [6, 6.07) is 12.3. The molecule has 8 nitrogen and oxygen atoms in total. The van der Waals surface area contributed by atoms with Gasteiger partial charge in [-0.3, -0.25) is 9.69 Å². The molecule has 3 aliphatic rings. The van der Waals surface area contributed by atoms with Crippen molar-refractivity contribution in [2.45, 2.75) is 75.9 Å². The maximum atomic E-state index is 13.2. The van der Waals surface area contributed by atoms with Gasteiger partial charge in [0.2, 0.25) is 5.91 Å². The van der Waals surface area contributed by atoms with Crippen molar-refractivity contribution >= 4 is 30.1 Å². The number of hydrogen-bond acceptors (Lipinski definition) is 6. The first-order chi connectivity index (χ1) is 19.2. The molecule has 0 unspecified atom stereocenters. The molecule has 0 bridgehead atoms. The molecular weight excluding hydrogens is 563 g/mol. The van der Waals surface area contributed by atoms with E-state index in [9.17, 15) is 22.8 Å². The van der Waals surface area contributed by atoms with Crippen LogP contribution in [0.3, 0.4) is 0 Å². The van der Waals surface area contributed by atoms with Crippen LogP contribution >= 0.6 is 12.4 Å². The second kappa shape index (κ2) is 13.2. The Morgan fingerprint density at radius 2 is 1.73 bits per heavy atom. The number of ether oxygens (including phenoxy) is 3. The number of likely N-dealkylation sites (tertiary alicyclic amines) is 1. The Morgan fingerprint density at radius 3 is 2.44 bits per heavy atom. The van der Waals surface area contributed by atoms with E-state index in [2.05, 4.69) is 0 Å². The van der Waals surface area contributed by atoms with Gasteiger partial charge in [0.05, 0.1) is 18.2 Å². The lowest BCUT2D eigenvalue weighted by molar-refractivity contribution is -0.153. The molecule has 12 heteroatoms. The summed E-state index contributed by atoms with van der Waals surface area (Å²) >= 11 is 0. The highest BCUT2D eigenvalue weighted by Gasteiger charge is 2.35. The summed E-state index contributed by atoms with van der Waals surface area (Å²) < 4.78 is 55.4. The second-order valence-electron chi connectivity index (χ2n) is 10.7. The molecule has 0 aromatic heterocycles.